The predicted molar refractivity (Wildman–Crippen MR) is 41.5 cm³/mol. The molecule has 0 atom stereocenters. The highest BCUT2D eigenvalue weighted by atomic mass is 16.5. The van der Waals surface area contributed by atoms with Crippen LogP contribution in [0.3, 0.4) is 0 Å². The Balaban J connectivity index is 3.75. The van der Waals surface area contributed by atoms with Crippen LogP contribution >= 0.6 is 0 Å². The molecule has 0 saturated carbocycles. The lowest BCUT2D eigenvalue weighted by molar-refractivity contribution is -0.133. The molecule has 2 N–H and O–H groups in total. The minimum absolute atomic E-state index is 0.388. The molecule has 0 aromatic rings. The minimum Gasteiger partial charge on any atom is -0.362 e. The summed E-state index contributed by atoms with van der Waals surface area (Å²) in [7, 11) is 0. The summed E-state index contributed by atoms with van der Waals surface area (Å²) in [5, 5.41) is 18.4. The zero-order valence-electron chi connectivity index (χ0n) is 6.72. The molecule has 0 aliphatic rings. The Kier molecular flexibility index (Phi) is 3.61. The molecule has 10 heavy (non-hydrogen) atoms. The summed E-state index contributed by atoms with van der Waals surface area (Å²) in [6.07, 6.45) is 2.18. The van der Waals surface area contributed by atoms with Crippen LogP contribution in [0.2, 0.25) is 0 Å². The third-order valence-electron chi connectivity index (χ3n) is 1.56. The molecule has 0 amide bonds. The maximum absolute atomic E-state index is 9.18. The third-order valence-corrected chi connectivity index (χ3v) is 1.56. The molecule has 2 heteroatoms. The number of aliphatic hydroxyl groups is 2. The van der Waals surface area contributed by atoms with Gasteiger partial charge in [-0.3, -0.25) is 0 Å². The van der Waals surface area contributed by atoms with Crippen LogP contribution < -0.4 is 0 Å². The van der Waals surface area contributed by atoms with E-state index in [1.807, 2.05) is 6.92 Å². The van der Waals surface area contributed by atoms with E-state index in [9.17, 15) is 10.2 Å². The smallest absolute Gasteiger partial charge is 0.185 e. The Hall–Kier alpha value is -0.340. The van der Waals surface area contributed by atoms with E-state index < -0.39 is 5.79 Å². The van der Waals surface area contributed by atoms with Crippen molar-refractivity contribution >= 4 is 0 Å². The van der Waals surface area contributed by atoms with E-state index in [0.717, 1.165) is 12.8 Å². The summed E-state index contributed by atoms with van der Waals surface area (Å²) in [6, 6.07) is 0. The van der Waals surface area contributed by atoms with E-state index in [0.29, 0.717) is 12.0 Å². The van der Waals surface area contributed by atoms with Gasteiger partial charge >= 0.3 is 0 Å². The van der Waals surface area contributed by atoms with Gasteiger partial charge in [0.1, 0.15) is 0 Å². The Morgan fingerprint density at radius 3 is 2.30 bits per heavy atom. The number of hydrogen-bond donors (Lipinski definition) is 2. The SMILES string of the molecule is C=C(C)C(O)(O)CCCC. The van der Waals surface area contributed by atoms with E-state index in [2.05, 4.69) is 6.58 Å². The summed E-state index contributed by atoms with van der Waals surface area (Å²) >= 11 is 0. The number of rotatable bonds is 4. The van der Waals surface area contributed by atoms with Gasteiger partial charge in [-0.25, -0.2) is 0 Å². The van der Waals surface area contributed by atoms with E-state index in [4.69, 9.17) is 0 Å². The molecule has 0 aromatic heterocycles. The highest BCUT2D eigenvalue weighted by molar-refractivity contribution is 5.01. The summed E-state index contributed by atoms with van der Waals surface area (Å²) < 4.78 is 0. The van der Waals surface area contributed by atoms with Crippen molar-refractivity contribution in [3.05, 3.63) is 12.2 Å². The number of hydrogen-bond acceptors (Lipinski definition) is 2. The first-order valence-electron chi connectivity index (χ1n) is 3.61. The Labute approximate surface area is 62.2 Å². The molecule has 60 valence electrons. The molecular weight excluding hydrogens is 128 g/mol. The third kappa shape index (κ3) is 2.99. The van der Waals surface area contributed by atoms with Crippen molar-refractivity contribution in [2.75, 3.05) is 0 Å². The van der Waals surface area contributed by atoms with Gasteiger partial charge in [0.05, 0.1) is 0 Å². The average Bonchev–Trinajstić information content (AvgIpc) is 1.84. The van der Waals surface area contributed by atoms with Crippen molar-refractivity contribution in [3.63, 3.8) is 0 Å². The normalized spacial score (nSPS) is 11.6. The van der Waals surface area contributed by atoms with Crippen molar-refractivity contribution in [1.82, 2.24) is 0 Å². The molecule has 0 radical (unpaired) electrons. The van der Waals surface area contributed by atoms with Crippen LogP contribution in [0.15, 0.2) is 12.2 Å². The van der Waals surface area contributed by atoms with E-state index in [-0.39, 0.29) is 0 Å². The molecule has 2 nitrogen and oxygen atoms in total. The van der Waals surface area contributed by atoms with E-state index in [1.165, 1.54) is 0 Å². The highest BCUT2D eigenvalue weighted by Crippen LogP contribution is 2.17. The van der Waals surface area contributed by atoms with Gasteiger partial charge in [-0.15, -0.1) is 0 Å². The standard InChI is InChI=1S/C8H16O2/c1-4-5-6-8(9,10)7(2)3/h9-10H,2,4-6H2,1,3H3. The second-order valence-electron chi connectivity index (χ2n) is 2.70. The lowest BCUT2D eigenvalue weighted by atomic mass is 10.0. The van der Waals surface area contributed by atoms with Gasteiger partial charge in [-0.2, -0.15) is 0 Å². The monoisotopic (exact) mass is 144 g/mol. The second-order valence-corrected chi connectivity index (χ2v) is 2.70. The van der Waals surface area contributed by atoms with Crippen molar-refractivity contribution in [2.45, 2.75) is 38.9 Å². The van der Waals surface area contributed by atoms with Crippen LogP contribution in [0.25, 0.3) is 0 Å². The molecule has 0 aromatic carbocycles. The van der Waals surface area contributed by atoms with E-state index >= 15 is 0 Å². The topological polar surface area (TPSA) is 40.5 Å². The minimum atomic E-state index is -1.64. The highest BCUT2D eigenvalue weighted by Gasteiger charge is 2.22. The first-order chi connectivity index (χ1) is 4.50. The predicted octanol–water partition coefficient (Wildman–Crippen LogP) is 1.43. The van der Waals surface area contributed by atoms with Crippen LogP contribution in [0.1, 0.15) is 33.1 Å². The summed E-state index contributed by atoms with van der Waals surface area (Å²) in [4.78, 5) is 0. The lowest BCUT2D eigenvalue weighted by Gasteiger charge is -2.21. The van der Waals surface area contributed by atoms with Crippen molar-refractivity contribution in [2.24, 2.45) is 0 Å². The number of unbranched alkanes of at least 4 members (excludes halogenated alkanes) is 1. The zero-order chi connectivity index (χ0) is 8.20. The lowest BCUT2D eigenvalue weighted by Crippen LogP contribution is -2.28. The maximum atomic E-state index is 9.18. The molecule has 0 fully saturated rings. The average molecular weight is 144 g/mol. The molecule has 0 unspecified atom stereocenters. The molecule has 0 spiro atoms. The quantitative estimate of drug-likeness (QED) is 0.463. The van der Waals surface area contributed by atoms with Crippen molar-refractivity contribution < 1.29 is 10.2 Å². The van der Waals surface area contributed by atoms with Crippen LogP contribution in [0.5, 0.6) is 0 Å². The Morgan fingerprint density at radius 2 is 2.00 bits per heavy atom. The van der Waals surface area contributed by atoms with E-state index in [1.54, 1.807) is 6.92 Å². The van der Waals surface area contributed by atoms with Crippen molar-refractivity contribution in [3.8, 4) is 0 Å². The van der Waals surface area contributed by atoms with Gasteiger partial charge in [-0.1, -0.05) is 19.9 Å². The van der Waals surface area contributed by atoms with Crippen LogP contribution in [-0.2, 0) is 0 Å². The van der Waals surface area contributed by atoms with Gasteiger partial charge in [0.25, 0.3) is 0 Å². The fourth-order valence-corrected chi connectivity index (χ4v) is 0.637. The molecule has 0 aliphatic carbocycles. The summed E-state index contributed by atoms with van der Waals surface area (Å²) in [5.74, 6) is -1.64. The second kappa shape index (κ2) is 3.74. The van der Waals surface area contributed by atoms with Crippen LogP contribution in [0, 0.1) is 0 Å². The summed E-state index contributed by atoms with van der Waals surface area (Å²) in [5.41, 5.74) is 0.418. The molecule has 0 saturated heterocycles. The maximum Gasteiger partial charge on any atom is 0.185 e. The fraction of sp³-hybridized carbons (Fsp3) is 0.750. The molecule has 0 heterocycles. The molecular formula is C8H16O2. The van der Waals surface area contributed by atoms with Crippen LogP contribution in [0.4, 0.5) is 0 Å². The van der Waals surface area contributed by atoms with Crippen molar-refractivity contribution in [1.29, 1.82) is 0 Å². The van der Waals surface area contributed by atoms with Gasteiger partial charge in [0.2, 0.25) is 0 Å². The largest absolute Gasteiger partial charge is 0.362 e. The van der Waals surface area contributed by atoms with Gasteiger partial charge in [0, 0.05) is 6.42 Å². The van der Waals surface area contributed by atoms with Gasteiger partial charge < -0.3 is 10.2 Å². The fourth-order valence-electron chi connectivity index (χ4n) is 0.637. The Bertz CT molecular complexity index is 116. The molecule has 0 bridgehead atoms. The molecule has 0 aliphatic heterocycles. The Morgan fingerprint density at radius 1 is 1.50 bits per heavy atom. The first kappa shape index (κ1) is 9.66. The first-order valence-corrected chi connectivity index (χ1v) is 3.61. The van der Waals surface area contributed by atoms with Crippen LogP contribution in [-0.4, -0.2) is 16.0 Å². The van der Waals surface area contributed by atoms with Gasteiger partial charge in [0.15, 0.2) is 5.79 Å². The zero-order valence-corrected chi connectivity index (χ0v) is 6.72. The summed E-state index contributed by atoms with van der Waals surface area (Å²) in [6.45, 7) is 7.11. The van der Waals surface area contributed by atoms with Gasteiger partial charge in [-0.05, 0) is 18.9 Å². The molecule has 0 rings (SSSR count).